The standard InChI is InChI=1S/C21H26N2O2/c1-20(2,3)18(24)15(12-22)17(14-10-8-7-9-11-14)16(13-23)19(25)21(4,5)6/h7-11,15-17H,1-6H3. The lowest BCUT2D eigenvalue weighted by Gasteiger charge is -2.31. The van der Waals surface area contributed by atoms with Gasteiger partial charge in [0.25, 0.3) is 0 Å². The van der Waals surface area contributed by atoms with E-state index in [9.17, 15) is 20.1 Å². The SMILES string of the molecule is CC(C)(C)C(=O)C(C#N)C(c1ccccc1)C(C#N)C(=O)C(C)(C)C. The Morgan fingerprint density at radius 1 is 0.800 bits per heavy atom. The predicted molar refractivity (Wildman–Crippen MR) is 96.3 cm³/mol. The number of Topliss-reactive ketones (excluding diaryl/α,β-unsaturated/α-hetero) is 2. The number of nitrogens with zero attached hydrogens (tertiary/aromatic N) is 2. The summed E-state index contributed by atoms with van der Waals surface area (Å²) in [7, 11) is 0. The molecule has 0 aliphatic rings. The van der Waals surface area contributed by atoms with E-state index in [1.54, 1.807) is 65.8 Å². The molecule has 0 bridgehead atoms. The molecule has 1 aromatic rings. The lowest BCUT2D eigenvalue weighted by molar-refractivity contribution is -0.132. The molecule has 2 unspecified atom stereocenters. The number of carbonyl (C=O) groups is 2. The Hall–Kier alpha value is -2.46. The highest BCUT2D eigenvalue weighted by Crippen LogP contribution is 2.39. The van der Waals surface area contributed by atoms with Gasteiger partial charge < -0.3 is 0 Å². The van der Waals surface area contributed by atoms with Crippen LogP contribution in [0.25, 0.3) is 0 Å². The third kappa shape index (κ3) is 4.77. The van der Waals surface area contributed by atoms with Crippen LogP contribution in [0.4, 0.5) is 0 Å². The average Bonchev–Trinajstić information content (AvgIpc) is 2.53. The van der Waals surface area contributed by atoms with E-state index in [2.05, 4.69) is 12.1 Å². The molecule has 0 N–H and O–H groups in total. The zero-order chi connectivity index (χ0) is 19.4. The summed E-state index contributed by atoms with van der Waals surface area (Å²) in [5, 5.41) is 19.5. The van der Waals surface area contributed by atoms with Crippen molar-refractivity contribution in [3.63, 3.8) is 0 Å². The van der Waals surface area contributed by atoms with E-state index in [1.807, 2.05) is 6.07 Å². The Morgan fingerprint density at radius 2 is 1.16 bits per heavy atom. The van der Waals surface area contributed by atoms with Gasteiger partial charge in [-0.15, -0.1) is 0 Å². The first-order chi connectivity index (χ1) is 11.4. The largest absolute Gasteiger partial charge is 0.298 e. The maximum atomic E-state index is 12.9. The van der Waals surface area contributed by atoms with Gasteiger partial charge in [0.05, 0.1) is 12.1 Å². The first kappa shape index (κ1) is 20.6. The molecule has 2 atom stereocenters. The normalized spacial score (nSPS) is 15.4. The van der Waals surface area contributed by atoms with Crippen molar-refractivity contribution in [2.75, 3.05) is 0 Å². The van der Waals surface area contributed by atoms with Gasteiger partial charge in [0, 0.05) is 16.7 Å². The topological polar surface area (TPSA) is 81.7 Å². The summed E-state index contributed by atoms with van der Waals surface area (Å²) in [6.45, 7) is 10.5. The zero-order valence-corrected chi connectivity index (χ0v) is 15.8. The van der Waals surface area contributed by atoms with Gasteiger partial charge in [-0.1, -0.05) is 71.9 Å². The molecule has 1 rings (SSSR count). The minimum atomic E-state index is -1.06. The van der Waals surface area contributed by atoms with Crippen molar-refractivity contribution in [1.29, 1.82) is 10.5 Å². The van der Waals surface area contributed by atoms with Gasteiger partial charge >= 0.3 is 0 Å². The molecule has 0 amide bonds. The summed E-state index contributed by atoms with van der Waals surface area (Å²) in [6, 6.07) is 13.1. The minimum Gasteiger partial charge on any atom is -0.298 e. The van der Waals surface area contributed by atoms with Crippen LogP contribution in [0.15, 0.2) is 30.3 Å². The number of rotatable bonds is 5. The van der Waals surface area contributed by atoms with E-state index in [1.165, 1.54) is 0 Å². The van der Waals surface area contributed by atoms with Crippen molar-refractivity contribution in [1.82, 2.24) is 0 Å². The van der Waals surface area contributed by atoms with E-state index >= 15 is 0 Å². The molecule has 1 aromatic carbocycles. The molecule has 4 nitrogen and oxygen atoms in total. The van der Waals surface area contributed by atoms with Gasteiger partial charge in [-0.05, 0) is 5.56 Å². The fourth-order valence-electron chi connectivity index (χ4n) is 2.79. The number of ketones is 2. The second kappa shape index (κ2) is 7.62. The van der Waals surface area contributed by atoms with Crippen LogP contribution in [-0.4, -0.2) is 11.6 Å². The van der Waals surface area contributed by atoms with Crippen LogP contribution in [0.3, 0.4) is 0 Å². The average molecular weight is 338 g/mol. The van der Waals surface area contributed by atoms with Crippen LogP contribution in [0.1, 0.15) is 53.0 Å². The van der Waals surface area contributed by atoms with E-state index in [-0.39, 0.29) is 11.6 Å². The Kier molecular flexibility index (Phi) is 6.27. The van der Waals surface area contributed by atoms with E-state index in [0.29, 0.717) is 5.56 Å². The highest BCUT2D eigenvalue weighted by atomic mass is 16.1. The number of nitriles is 2. The first-order valence-corrected chi connectivity index (χ1v) is 8.38. The summed E-state index contributed by atoms with van der Waals surface area (Å²) in [4.78, 5) is 25.7. The number of benzene rings is 1. The van der Waals surface area contributed by atoms with E-state index in [0.717, 1.165) is 0 Å². The highest BCUT2D eigenvalue weighted by Gasteiger charge is 2.44. The van der Waals surface area contributed by atoms with Crippen molar-refractivity contribution in [2.24, 2.45) is 22.7 Å². The molecule has 0 radical (unpaired) electrons. The molecule has 0 saturated heterocycles. The lowest BCUT2D eigenvalue weighted by atomic mass is 9.67. The van der Waals surface area contributed by atoms with Crippen molar-refractivity contribution < 1.29 is 9.59 Å². The van der Waals surface area contributed by atoms with Gasteiger partial charge in [-0.2, -0.15) is 10.5 Å². The van der Waals surface area contributed by atoms with E-state index in [4.69, 9.17) is 0 Å². The van der Waals surface area contributed by atoms with Gasteiger partial charge in [0.1, 0.15) is 11.8 Å². The first-order valence-electron chi connectivity index (χ1n) is 8.38. The minimum absolute atomic E-state index is 0.259. The summed E-state index contributed by atoms with van der Waals surface area (Å²) in [5.41, 5.74) is -0.813. The molecule has 0 spiro atoms. The smallest absolute Gasteiger partial charge is 0.155 e. The van der Waals surface area contributed by atoms with Gasteiger partial charge in [0.15, 0.2) is 11.6 Å². The third-order valence-electron chi connectivity index (χ3n) is 4.22. The van der Waals surface area contributed by atoms with Crippen molar-refractivity contribution in [3.05, 3.63) is 35.9 Å². The fraction of sp³-hybridized carbons (Fsp3) is 0.524. The van der Waals surface area contributed by atoms with Crippen molar-refractivity contribution in [3.8, 4) is 12.1 Å². The monoisotopic (exact) mass is 338 g/mol. The second-order valence-electron chi connectivity index (χ2n) is 8.38. The Labute approximate surface area is 150 Å². The second-order valence-corrected chi connectivity index (χ2v) is 8.38. The van der Waals surface area contributed by atoms with Crippen molar-refractivity contribution >= 4 is 11.6 Å². The fourth-order valence-corrected chi connectivity index (χ4v) is 2.79. The predicted octanol–water partition coefficient (Wildman–Crippen LogP) is 4.28. The van der Waals surface area contributed by atoms with Crippen LogP contribution in [-0.2, 0) is 9.59 Å². The van der Waals surface area contributed by atoms with Crippen LogP contribution in [0.2, 0.25) is 0 Å². The summed E-state index contributed by atoms with van der Waals surface area (Å²) in [6.07, 6.45) is 0. The molecule has 25 heavy (non-hydrogen) atoms. The Morgan fingerprint density at radius 3 is 1.44 bits per heavy atom. The lowest BCUT2D eigenvalue weighted by Crippen LogP contribution is -2.39. The molecular weight excluding hydrogens is 312 g/mol. The molecular formula is C21H26N2O2. The molecule has 0 heterocycles. The summed E-state index contributed by atoms with van der Waals surface area (Å²) >= 11 is 0. The van der Waals surface area contributed by atoms with Crippen LogP contribution >= 0.6 is 0 Å². The zero-order valence-electron chi connectivity index (χ0n) is 15.8. The number of carbonyl (C=O) groups excluding carboxylic acids is 2. The van der Waals surface area contributed by atoms with Gasteiger partial charge in [-0.3, -0.25) is 9.59 Å². The Bertz CT molecular complexity index is 665. The molecule has 0 aliphatic heterocycles. The molecule has 132 valence electrons. The maximum absolute atomic E-state index is 12.9. The Balaban J connectivity index is 3.55. The van der Waals surface area contributed by atoms with Crippen LogP contribution in [0.5, 0.6) is 0 Å². The quantitative estimate of drug-likeness (QED) is 0.802. The third-order valence-corrected chi connectivity index (χ3v) is 4.22. The number of hydrogen-bond donors (Lipinski definition) is 0. The summed E-state index contributed by atoms with van der Waals surface area (Å²) < 4.78 is 0. The molecule has 4 heteroatoms. The van der Waals surface area contributed by atoms with Crippen molar-refractivity contribution in [2.45, 2.75) is 47.5 Å². The number of hydrogen-bond acceptors (Lipinski definition) is 4. The highest BCUT2D eigenvalue weighted by molar-refractivity contribution is 5.93. The van der Waals surface area contributed by atoms with Gasteiger partial charge in [0.2, 0.25) is 0 Å². The summed E-state index contributed by atoms with van der Waals surface area (Å²) in [5.74, 6) is -3.41. The molecule has 0 saturated carbocycles. The van der Waals surface area contributed by atoms with Gasteiger partial charge in [-0.25, -0.2) is 0 Å². The van der Waals surface area contributed by atoms with E-state index < -0.39 is 28.6 Å². The van der Waals surface area contributed by atoms with Crippen LogP contribution in [0, 0.1) is 45.3 Å². The molecule has 0 fully saturated rings. The molecule has 0 aromatic heterocycles. The van der Waals surface area contributed by atoms with Crippen LogP contribution < -0.4 is 0 Å². The maximum Gasteiger partial charge on any atom is 0.155 e. The molecule has 0 aliphatic carbocycles.